The lowest BCUT2D eigenvalue weighted by Crippen LogP contribution is -2.07. The number of aromatic nitrogens is 4. The maximum atomic E-state index is 13.0. The molecule has 0 saturated heterocycles. The second-order valence-corrected chi connectivity index (χ2v) is 6.91. The van der Waals surface area contributed by atoms with Crippen LogP contribution in [0.15, 0.2) is 23.4 Å². The van der Waals surface area contributed by atoms with E-state index in [2.05, 4.69) is 15.1 Å². The van der Waals surface area contributed by atoms with Crippen molar-refractivity contribution >= 4 is 35.0 Å². The van der Waals surface area contributed by atoms with Crippen LogP contribution in [0.1, 0.15) is 17.0 Å². The molecular formula is C16H7Cl2F3N6S. The molecule has 3 aromatic rings. The molecule has 142 valence electrons. The number of hydrogen-bond donors (Lipinski definition) is 1. The lowest BCUT2D eigenvalue weighted by Gasteiger charge is -2.14. The number of hydrogen-bond acceptors (Lipinski definition) is 5. The molecule has 0 aliphatic rings. The summed E-state index contributed by atoms with van der Waals surface area (Å²) >= 11 is 13.4. The summed E-state index contributed by atoms with van der Waals surface area (Å²) in [6, 6.07) is 5.16. The van der Waals surface area contributed by atoms with E-state index in [4.69, 9.17) is 33.7 Å². The van der Waals surface area contributed by atoms with E-state index in [1.807, 2.05) is 6.07 Å². The van der Waals surface area contributed by atoms with Crippen molar-refractivity contribution in [2.45, 2.75) is 11.2 Å². The highest BCUT2D eigenvalue weighted by molar-refractivity contribution is 7.98. The minimum absolute atomic E-state index is 0.0112. The first-order valence-electron chi connectivity index (χ1n) is 7.30. The first kappa shape index (κ1) is 20.1. The molecule has 1 aromatic carbocycles. The van der Waals surface area contributed by atoms with Gasteiger partial charge in [-0.25, -0.2) is 9.67 Å². The number of alkyl halides is 3. The lowest BCUT2D eigenvalue weighted by molar-refractivity contribution is -0.137. The monoisotopic (exact) mass is 442 g/mol. The van der Waals surface area contributed by atoms with Crippen molar-refractivity contribution in [3.63, 3.8) is 0 Å². The fourth-order valence-corrected chi connectivity index (χ4v) is 3.78. The molecule has 3 rings (SSSR count). The van der Waals surface area contributed by atoms with Gasteiger partial charge in [0.2, 0.25) is 0 Å². The molecule has 0 aliphatic carbocycles. The van der Waals surface area contributed by atoms with Crippen LogP contribution in [0.3, 0.4) is 0 Å². The summed E-state index contributed by atoms with van der Waals surface area (Å²) in [5, 5.41) is 22.2. The maximum Gasteiger partial charge on any atom is 0.416 e. The second-order valence-electron chi connectivity index (χ2n) is 5.30. The predicted molar refractivity (Wildman–Crippen MR) is 97.4 cm³/mol. The number of nitrogens with zero attached hydrogens (tertiary/aromatic N) is 5. The Kier molecular flexibility index (Phi) is 5.31. The molecular weight excluding hydrogens is 436 g/mol. The van der Waals surface area contributed by atoms with E-state index in [1.54, 1.807) is 12.3 Å². The summed E-state index contributed by atoms with van der Waals surface area (Å²) in [6.45, 7) is 0. The first-order chi connectivity index (χ1) is 13.2. The van der Waals surface area contributed by atoms with E-state index in [0.717, 1.165) is 12.1 Å². The average molecular weight is 443 g/mol. The van der Waals surface area contributed by atoms with Gasteiger partial charge >= 0.3 is 6.18 Å². The Hall–Kier alpha value is -2.66. The zero-order chi connectivity index (χ0) is 20.6. The van der Waals surface area contributed by atoms with Crippen molar-refractivity contribution in [1.82, 2.24) is 19.7 Å². The largest absolute Gasteiger partial charge is 0.416 e. The van der Waals surface area contributed by atoms with Crippen molar-refractivity contribution in [1.29, 1.82) is 10.5 Å². The van der Waals surface area contributed by atoms with Gasteiger partial charge in [0.25, 0.3) is 0 Å². The van der Waals surface area contributed by atoms with Gasteiger partial charge in [0.15, 0.2) is 11.4 Å². The van der Waals surface area contributed by atoms with E-state index in [1.165, 1.54) is 22.6 Å². The number of halogens is 5. The van der Waals surface area contributed by atoms with Crippen LogP contribution in [0.25, 0.3) is 17.1 Å². The van der Waals surface area contributed by atoms with Crippen molar-refractivity contribution in [2.24, 2.45) is 0 Å². The fourth-order valence-electron chi connectivity index (χ4n) is 2.45. The molecule has 0 radical (unpaired) electrons. The average Bonchev–Trinajstić information content (AvgIpc) is 3.23. The molecule has 2 heterocycles. The highest BCUT2D eigenvalue weighted by Crippen LogP contribution is 2.40. The summed E-state index contributed by atoms with van der Waals surface area (Å²) < 4.78 is 40.1. The SMILES string of the molecule is CSc1c(-c2nc(C#N)c(C#N)[nH]2)cnn1-c1c(Cl)cc(C(F)(F)F)cc1Cl. The fraction of sp³-hybridized carbons (Fsp3) is 0.125. The summed E-state index contributed by atoms with van der Waals surface area (Å²) in [6.07, 6.45) is -1.50. The van der Waals surface area contributed by atoms with E-state index < -0.39 is 11.7 Å². The molecule has 0 unspecified atom stereocenters. The van der Waals surface area contributed by atoms with Gasteiger partial charge < -0.3 is 4.98 Å². The molecule has 0 bridgehead atoms. The van der Waals surface area contributed by atoms with Gasteiger partial charge in [-0.3, -0.25) is 0 Å². The topological polar surface area (TPSA) is 94.1 Å². The van der Waals surface area contributed by atoms with Crippen LogP contribution in [0, 0.1) is 22.7 Å². The Balaban J connectivity index is 2.18. The number of H-pyrrole nitrogens is 1. The Morgan fingerprint density at radius 2 is 1.82 bits per heavy atom. The number of aromatic amines is 1. The molecule has 28 heavy (non-hydrogen) atoms. The summed E-state index contributed by atoms with van der Waals surface area (Å²) in [4.78, 5) is 6.78. The second kappa shape index (κ2) is 7.40. The first-order valence-corrected chi connectivity index (χ1v) is 9.28. The zero-order valence-corrected chi connectivity index (χ0v) is 16.1. The molecule has 0 saturated carbocycles. The molecule has 0 amide bonds. The Labute approximate surface area is 170 Å². The van der Waals surface area contributed by atoms with Crippen LogP contribution < -0.4 is 0 Å². The van der Waals surface area contributed by atoms with Gasteiger partial charge in [0, 0.05) is 0 Å². The van der Waals surface area contributed by atoms with Gasteiger partial charge in [-0.1, -0.05) is 23.2 Å². The van der Waals surface area contributed by atoms with Gasteiger partial charge in [-0.2, -0.15) is 28.8 Å². The molecule has 1 N–H and O–H groups in total. The van der Waals surface area contributed by atoms with Crippen LogP contribution in [-0.4, -0.2) is 26.0 Å². The van der Waals surface area contributed by atoms with Crippen LogP contribution in [0.2, 0.25) is 10.0 Å². The zero-order valence-electron chi connectivity index (χ0n) is 13.8. The van der Waals surface area contributed by atoms with E-state index >= 15 is 0 Å². The molecule has 0 fully saturated rings. The summed E-state index contributed by atoms with van der Waals surface area (Å²) in [5.41, 5.74) is -0.574. The molecule has 0 atom stereocenters. The number of nitrogens with one attached hydrogen (secondary N) is 1. The quantitative estimate of drug-likeness (QED) is 0.572. The Bertz CT molecular complexity index is 1100. The van der Waals surface area contributed by atoms with Gasteiger partial charge in [0.05, 0.1) is 27.4 Å². The lowest BCUT2D eigenvalue weighted by atomic mass is 10.2. The van der Waals surface area contributed by atoms with Gasteiger partial charge in [-0.15, -0.1) is 11.8 Å². The van der Waals surface area contributed by atoms with Crippen LogP contribution in [0.5, 0.6) is 0 Å². The number of rotatable bonds is 3. The van der Waals surface area contributed by atoms with Gasteiger partial charge in [-0.05, 0) is 18.4 Å². The minimum Gasteiger partial charge on any atom is -0.328 e. The number of imidazole rings is 1. The van der Waals surface area contributed by atoms with Crippen molar-refractivity contribution in [3.8, 4) is 29.2 Å². The highest BCUT2D eigenvalue weighted by atomic mass is 35.5. The van der Waals surface area contributed by atoms with E-state index in [-0.39, 0.29) is 32.9 Å². The third kappa shape index (κ3) is 3.42. The van der Waals surface area contributed by atoms with Crippen molar-refractivity contribution in [2.75, 3.05) is 6.26 Å². The Morgan fingerprint density at radius 3 is 2.29 bits per heavy atom. The standard InChI is InChI=1S/C16H7Cl2F3N6S/c1-28-15-8(14-25-11(4-22)12(5-23)26-14)6-24-27(15)13-9(17)2-7(3-10(13)18)16(19,20)21/h2-3,6H,1H3,(H,25,26). The third-order valence-electron chi connectivity index (χ3n) is 3.65. The van der Waals surface area contributed by atoms with Crippen LogP contribution >= 0.6 is 35.0 Å². The highest BCUT2D eigenvalue weighted by Gasteiger charge is 2.32. The maximum absolute atomic E-state index is 13.0. The van der Waals surface area contributed by atoms with Crippen LogP contribution in [-0.2, 0) is 6.18 Å². The predicted octanol–water partition coefficient (Wildman–Crippen LogP) is 5.05. The smallest absolute Gasteiger partial charge is 0.328 e. The summed E-state index contributed by atoms with van der Waals surface area (Å²) in [7, 11) is 0. The van der Waals surface area contributed by atoms with Gasteiger partial charge in [0.1, 0.15) is 28.7 Å². The number of benzene rings is 1. The minimum atomic E-state index is -4.60. The normalized spacial score (nSPS) is 11.3. The molecule has 6 nitrogen and oxygen atoms in total. The molecule has 0 aliphatic heterocycles. The van der Waals surface area contributed by atoms with Crippen LogP contribution in [0.4, 0.5) is 13.2 Å². The number of nitriles is 2. The van der Waals surface area contributed by atoms with Crippen molar-refractivity contribution in [3.05, 3.63) is 45.3 Å². The molecule has 2 aromatic heterocycles. The third-order valence-corrected chi connectivity index (χ3v) is 5.01. The van der Waals surface area contributed by atoms with E-state index in [0.29, 0.717) is 10.6 Å². The Morgan fingerprint density at radius 1 is 1.18 bits per heavy atom. The van der Waals surface area contributed by atoms with Crippen molar-refractivity contribution < 1.29 is 13.2 Å². The summed E-state index contributed by atoms with van der Waals surface area (Å²) in [5.74, 6) is 0.211. The molecule has 12 heteroatoms. The van der Waals surface area contributed by atoms with E-state index in [9.17, 15) is 13.2 Å². The molecule has 0 spiro atoms. The number of thioether (sulfide) groups is 1.